The van der Waals surface area contributed by atoms with E-state index in [1.54, 1.807) is 0 Å². The van der Waals surface area contributed by atoms with Crippen molar-refractivity contribution in [1.29, 1.82) is 0 Å². The molecule has 4 heteroatoms. The zero-order chi connectivity index (χ0) is 21.5. The number of hydrogen-bond donors (Lipinski definition) is 1. The summed E-state index contributed by atoms with van der Waals surface area (Å²) < 4.78 is 4.93. The number of esters is 1. The number of unbranched alkanes of at least 4 members (excludes halogenated alkanes) is 5. The Balaban J connectivity index is 2.41. The molecule has 3 atom stereocenters. The van der Waals surface area contributed by atoms with Gasteiger partial charge in [0.05, 0.1) is 12.7 Å². The van der Waals surface area contributed by atoms with Gasteiger partial charge >= 0.3 is 5.97 Å². The van der Waals surface area contributed by atoms with Crippen LogP contribution in [0.25, 0.3) is 0 Å². The van der Waals surface area contributed by atoms with Crippen molar-refractivity contribution in [2.75, 3.05) is 6.61 Å². The van der Waals surface area contributed by atoms with Crippen LogP contribution in [0.3, 0.4) is 0 Å². The van der Waals surface area contributed by atoms with E-state index in [0.29, 0.717) is 31.7 Å². The molecule has 0 aromatic heterocycles. The molecule has 1 aliphatic carbocycles. The summed E-state index contributed by atoms with van der Waals surface area (Å²) in [6.07, 6.45) is 18.8. The van der Waals surface area contributed by atoms with Gasteiger partial charge in [-0.3, -0.25) is 9.59 Å². The molecule has 0 aromatic rings. The number of carbonyl (C=O) groups is 2. The summed E-state index contributed by atoms with van der Waals surface area (Å²) in [5, 5.41) is 10.2. The molecule has 0 radical (unpaired) electrons. The highest BCUT2D eigenvalue weighted by atomic mass is 16.5. The molecule has 4 nitrogen and oxygen atoms in total. The highest BCUT2D eigenvalue weighted by Crippen LogP contribution is 2.44. The first-order chi connectivity index (χ1) is 13.9. The average Bonchev–Trinajstić information content (AvgIpc) is 2.97. The van der Waals surface area contributed by atoms with Crippen LogP contribution < -0.4 is 0 Å². The number of ketones is 1. The maximum Gasteiger partial charge on any atom is 0.305 e. The molecule has 0 aromatic carbocycles. The lowest BCUT2D eigenvalue weighted by atomic mass is 9.76. The Morgan fingerprint density at radius 2 is 1.97 bits per heavy atom. The minimum atomic E-state index is -0.407. The fraction of sp³-hybridized carbons (Fsp3) is 0.760. The van der Waals surface area contributed by atoms with E-state index < -0.39 is 6.10 Å². The standard InChI is InChI=1S/C25H42O4/c1-4-6-7-8-11-14-22(26)18-16-21-17-19-23(27)25(21,3)20-13-10-9-12-15-24(28)29-5-2/h10,13,16,18,21-22,26H,4-9,11-12,14-15,17,19-20H2,1-3H3/t21-,22?,25-/m0/s1. The maximum atomic E-state index is 12.5. The predicted octanol–water partition coefficient (Wildman–Crippen LogP) is 5.93. The Morgan fingerprint density at radius 1 is 1.21 bits per heavy atom. The number of rotatable bonds is 15. The first kappa shape index (κ1) is 25.6. The van der Waals surface area contributed by atoms with E-state index in [4.69, 9.17) is 4.74 Å². The Kier molecular flexibility index (Phi) is 12.8. The summed E-state index contributed by atoms with van der Waals surface area (Å²) in [7, 11) is 0. The molecular formula is C25H42O4. The zero-order valence-corrected chi connectivity index (χ0v) is 18.8. The molecule has 0 spiro atoms. The van der Waals surface area contributed by atoms with Crippen molar-refractivity contribution < 1.29 is 19.4 Å². The molecule has 1 aliphatic rings. The van der Waals surface area contributed by atoms with Gasteiger partial charge in [-0.05, 0) is 44.9 Å². The fourth-order valence-electron chi connectivity index (χ4n) is 4.03. The lowest BCUT2D eigenvalue weighted by Crippen LogP contribution is -2.27. The molecule has 1 fully saturated rings. The third kappa shape index (κ3) is 9.75. The lowest BCUT2D eigenvalue weighted by Gasteiger charge is -2.27. The molecule has 1 saturated carbocycles. The Bertz CT molecular complexity index is 537. The molecule has 0 amide bonds. The maximum absolute atomic E-state index is 12.5. The van der Waals surface area contributed by atoms with Gasteiger partial charge in [0, 0.05) is 18.3 Å². The van der Waals surface area contributed by atoms with Gasteiger partial charge in [-0.15, -0.1) is 0 Å². The van der Waals surface area contributed by atoms with Crippen molar-refractivity contribution in [2.24, 2.45) is 11.3 Å². The quantitative estimate of drug-likeness (QED) is 0.208. The highest BCUT2D eigenvalue weighted by molar-refractivity contribution is 5.87. The van der Waals surface area contributed by atoms with Gasteiger partial charge in [0.2, 0.25) is 0 Å². The monoisotopic (exact) mass is 406 g/mol. The predicted molar refractivity (Wildman–Crippen MR) is 119 cm³/mol. The van der Waals surface area contributed by atoms with Crippen molar-refractivity contribution in [3.63, 3.8) is 0 Å². The van der Waals surface area contributed by atoms with E-state index in [0.717, 1.165) is 32.1 Å². The van der Waals surface area contributed by atoms with Gasteiger partial charge < -0.3 is 9.84 Å². The largest absolute Gasteiger partial charge is 0.466 e. The molecule has 1 N–H and O–H groups in total. The first-order valence-electron chi connectivity index (χ1n) is 11.6. The van der Waals surface area contributed by atoms with E-state index in [2.05, 4.69) is 32.1 Å². The molecule has 0 aliphatic heterocycles. The molecule has 0 bridgehead atoms. The molecule has 1 rings (SSSR count). The summed E-state index contributed by atoms with van der Waals surface area (Å²) in [6, 6.07) is 0. The summed E-state index contributed by atoms with van der Waals surface area (Å²) in [6.45, 7) is 6.50. The fourth-order valence-corrected chi connectivity index (χ4v) is 4.03. The van der Waals surface area contributed by atoms with Gasteiger partial charge in [-0.25, -0.2) is 0 Å². The van der Waals surface area contributed by atoms with Gasteiger partial charge in [0.1, 0.15) is 5.78 Å². The molecule has 166 valence electrons. The summed E-state index contributed by atoms with van der Waals surface area (Å²) in [5.74, 6) is 0.360. The number of allylic oxidation sites excluding steroid dienone is 3. The van der Waals surface area contributed by atoms with E-state index in [9.17, 15) is 14.7 Å². The zero-order valence-electron chi connectivity index (χ0n) is 18.8. The number of hydrogen-bond acceptors (Lipinski definition) is 4. The van der Waals surface area contributed by atoms with Crippen molar-refractivity contribution >= 4 is 11.8 Å². The Labute approximate surface area is 177 Å². The summed E-state index contributed by atoms with van der Waals surface area (Å²) in [4.78, 5) is 23.9. The van der Waals surface area contributed by atoms with E-state index in [1.807, 2.05) is 13.0 Å². The number of aliphatic hydroxyl groups excluding tert-OH is 1. The van der Waals surface area contributed by atoms with E-state index >= 15 is 0 Å². The van der Waals surface area contributed by atoms with Crippen LogP contribution in [-0.4, -0.2) is 29.6 Å². The van der Waals surface area contributed by atoms with Crippen molar-refractivity contribution in [3.05, 3.63) is 24.3 Å². The van der Waals surface area contributed by atoms with Crippen LogP contribution in [-0.2, 0) is 14.3 Å². The van der Waals surface area contributed by atoms with Crippen LogP contribution in [0.5, 0.6) is 0 Å². The summed E-state index contributed by atoms with van der Waals surface area (Å²) >= 11 is 0. The van der Waals surface area contributed by atoms with Gasteiger partial charge in [0.25, 0.3) is 0 Å². The van der Waals surface area contributed by atoms with Crippen LogP contribution in [0.2, 0.25) is 0 Å². The number of ether oxygens (including phenoxy) is 1. The third-order valence-electron chi connectivity index (χ3n) is 6.07. The Morgan fingerprint density at radius 3 is 2.69 bits per heavy atom. The van der Waals surface area contributed by atoms with Crippen LogP contribution in [0, 0.1) is 11.3 Å². The van der Waals surface area contributed by atoms with Crippen LogP contribution in [0.4, 0.5) is 0 Å². The van der Waals surface area contributed by atoms with Crippen LogP contribution in [0.1, 0.15) is 97.8 Å². The van der Waals surface area contributed by atoms with Gasteiger partial charge in [-0.1, -0.05) is 70.3 Å². The van der Waals surface area contributed by atoms with Gasteiger partial charge in [-0.2, -0.15) is 0 Å². The van der Waals surface area contributed by atoms with E-state index in [1.165, 1.54) is 25.7 Å². The lowest BCUT2D eigenvalue weighted by molar-refractivity contribution is -0.143. The third-order valence-corrected chi connectivity index (χ3v) is 6.07. The SMILES string of the molecule is CCCCCCCC(O)C=C[C@H]1CCC(=O)[C@@]1(C)CC=CCCCC(=O)OCC. The second-order valence-electron chi connectivity index (χ2n) is 8.51. The van der Waals surface area contributed by atoms with Crippen LogP contribution >= 0.6 is 0 Å². The smallest absolute Gasteiger partial charge is 0.305 e. The molecule has 1 unspecified atom stereocenters. The first-order valence-corrected chi connectivity index (χ1v) is 11.6. The highest BCUT2D eigenvalue weighted by Gasteiger charge is 2.43. The second-order valence-corrected chi connectivity index (χ2v) is 8.51. The van der Waals surface area contributed by atoms with Crippen molar-refractivity contribution in [1.82, 2.24) is 0 Å². The van der Waals surface area contributed by atoms with Crippen molar-refractivity contribution in [2.45, 2.75) is 104 Å². The molecule has 29 heavy (non-hydrogen) atoms. The normalized spacial score (nSPS) is 23.3. The average molecular weight is 407 g/mol. The molecule has 0 saturated heterocycles. The number of aliphatic hydroxyl groups is 1. The molecule has 0 heterocycles. The Hall–Kier alpha value is -1.42. The van der Waals surface area contributed by atoms with Gasteiger partial charge in [0.15, 0.2) is 0 Å². The number of carbonyl (C=O) groups excluding carboxylic acids is 2. The minimum Gasteiger partial charge on any atom is -0.466 e. The van der Waals surface area contributed by atoms with Crippen molar-refractivity contribution in [3.8, 4) is 0 Å². The van der Waals surface area contributed by atoms with E-state index in [-0.39, 0.29) is 17.3 Å². The number of Topliss-reactive ketones (excluding diaryl/α,β-unsaturated/α-hetero) is 1. The minimum absolute atomic E-state index is 0.145. The second kappa shape index (κ2) is 14.5. The van der Waals surface area contributed by atoms with Crippen LogP contribution in [0.15, 0.2) is 24.3 Å². The summed E-state index contributed by atoms with van der Waals surface area (Å²) in [5.41, 5.74) is -0.380. The topological polar surface area (TPSA) is 63.6 Å². The molecular weight excluding hydrogens is 364 g/mol.